The van der Waals surface area contributed by atoms with Crippen molar-refractivity contribution < 1.29 is 32.2 Å². The molecule has 2 N–H and O–H groups in total. The molecule has 0 radical (unpaired) electrons. The van der Waals surface area contributed by atoms with E-state index in [-0.39, 0.29) is 40.3 Å². The first-order valence-electron chi connectivity index (χ1n) is 11.7. The van der Waals surface area contributed by atoms with E-state index in [0.717, 1.165) is 13.1 Å². The van der Waals surface area contributed by atoms with Gasteiger partial charge in [0, 0.05) is 48.8 Å². The first-order chi connectivity index (χ1) is 18.1. The summed E-state index contributed by atoms with van der Waals surface area (Å²) >= 11 is 0. The van der Waals surface area contributed by atoms with Gasteiger partial charge in [-0.25, -0.2) is 19.2 Å². The Morgan fingerprint density at radius 1 is 1.16 bits per heavy atom. The van der Waals surface area contributed by atoms with Gasteiger partial charge in [-0.2, -0.15) is 5.10 Å². The third kappa shape index (κ3) is 5.11. The number of alkyl halides is 4. The Kier molecular flexibility index (Phi) is 6.65. The van der Waals surface area contributed by atoms with Crippen LogP contribution in [0.1, 0.15) is 10.5 Å². The maximum atomic E-state index is 13.2. The number of carboxylic acids is 1. The number of hydrogen-bond donors (Lipinski definition) is 2. The van der Waals surface area contributed by atoms with Gasteiger partial charge in [0.1, 0.15) is 12.2 Å². The maximum absolute atomic E-state index is 13.2. The molecule has 2 aromatic carbocycles. The maximum Gasteiger partial charge on any atom is 0.573 e. The Morgan fingerprint density at radius 3 is 2.61 bits per heavy atom. The van der Waals surface area contributed by atoms with E-state index < -0.39 is 24.8 Å². The second-order valence-electron chi connectivity index (χ2n) is 8.80. The average Bonchev–Trinajstić information content (AvgIpc) is 3.24. The van der Waals surface area contributed by atoms with Crippen LogP contribution in [0.5, 0.6) is 5.75 Å². The minimum absolute atomic E-state index is 0.00577. The van der Waals surface area contributed by atoms with E-state index in [1.807, 2.05) is 7.05 Å². The molecule has 0 unspecified atom stereocenters. The number of anilines is 3. The van der Waals surface area contributed by atoms with E-state index >= 15 is 0 Å². The molecule has 38 heavy (non-hydrogen) atoms. The van der Waals surface area contributed by atoms with Crippen molar-refractivity contribution in [1.29, 1.82) is 0 Å². The fourth-order valence-electron chi connectivity index (χ4n) is 4.43. The Labute approximate surface area is 213 Å². The normalized spacial score (nSPS) is 14.8. The summed E-state index contributed by atoms with van der Waals surface area (Å²) < 4.78 is 58.1. The molecule has 2 aromatic heterocycles. The monoisotopic (exact) mass is 533 g/mol. The highest BCUT2D eigenvalue weighted by Gasteiger charge is 2.32. The molecule has 3 heterocycles. The molecule has 200 valence electrons. The number of aromatic carboxylic acids is 1. The van der Waals surface area contributed by atoms with Crippen molar-refractivity contribution in [3.8, 4) is 5.75 Å². The van der Waals surface area contributed by atoms with Gasteiger partial charge in [-0.1, -0.05) is 6.07 Å². The smallest absolute Gasteiger partial charge is 0.476 e. The molecule has 1 aliphatic heterocycles. The summed E-state index contributed by atoms with van der Waals surface area (Å²) in [7, 11) is 2.00. The van der Waals surface area contributed by atoms with E-state index in [9.17, 15) is 27.5 Å². The third-order valence-corrected chi connectivity index (χ3v) is 6.26. The second-order valence-corrected chi connectivity index (χ2v) is 8.80. The number of ether oxygens (including phenoxy) is 1. The van der Waals surface area contributed by atoms with E-state index in [1.54, 1.807) is 12.1 Å². The molecule has 4 aromatic rings. The van der Waals surface area contributed by atoms with Gasteiger partial charge in [-0.15, -0.1) is 13.2 Å². The van der Waals surface area contributed by atoms with Gasteiger partial charge in [0.15, 0.2) is 11.4 Å². The van der Waals surface area contributed by atoms with E-state index in [0.29, 0.717) is 24.2 Å². The summed E-state index contributed by atoms with van der Waals surface area (Å²) in [6, 6.07) is 7.47. The molecule has 0 saturated carbocycles. The number of hydrogen-bond acceptors (Lipinski definition) is 8. The molecule has 5 rings (SSSR count). The molecule has 1 saturated heterocycles. The quantitative estimate of drug-likeness (QED) is 0.340. The van der Waals surface area contributed by atoms with Crippen molar-refractivity contribution >= 4 is 45.1 Å². The summed E-state index contributed by atoms with van der Waals surface area (Å²) in [5, 5.41) is 17.1. The van der Waals surface area contributed by atoms with Crippen LogP contribution in [0.25, 0.3) is 21.8 Å². The van der Waals surface area contributed by atoms with E-state index in [2.05, 4.69) is 34.9 Å². The van der Waals surface area contributed by atoms with Gasteiger partial charge in [0.2, 0.25) is 5.95 Å². The van der Waals surface area contributed by atoms with Crippen LogP contribution in [-0.4, -0.2) is 82.0 Å². The number of aryl methyl sites for hydroxylation is 1. The number of carbonyl (C=O) groups is 1. The predicted molar refractivity (Wildman–Crippen MR) is 132 cm³/mol. The number of nitrogens with one attached hydrogen (secondary N) is 1. The van der Waals surface area contributed by atoms with Crippen molar-refractivity contribution in [2.45, 2.75) is 12.9 Å². The molecule has 1 fully saturated rings. The molecule has 0 spiro atoms. The largest absolute Gasteiger partial charge is 0.573 e. The number of aromatic nitrogens is 4. The van der Waals surface area contributed by atoms with Crippen molar-refractivity contribution in [2.75, 3.05) is 50.1 Å². The van der Waals surface area contributed by atoms with Crippen molar-refractivity contribution in [3.05, 3.63) is 42.2 Å². The van der Waals surface area contributed by atoms with E-state index in [4.69, 9.17) is 0 Å². The number of benzene rings is 2. The van der Waals surface area contributed by atoms with Crippen LogP contribution in [0.3, 0.4) is 0 Å². The topological polar surface area (TPSA) is 109 Å². The van der Waals surface area contributed by atoms with Crippen LogP contribution < -0.4 is 15.0 Å². The second kappa shape index (κ2) is 9.93. The molecule has 0 atom stereocenters. The minimum Gasteiger partial charge on any atom is -0.476 e. The Bertz CT molecular complexity index is 1500. The van der Waals surface area contributed by atoms with E-state index in [1.165, 1.54) is 29.1 Å². The number of halogens is 4. The van der Waals surface area contributed by atoms with Crippen LogP contribution in [-0.2, 0) is 6.54 Å². The van der Waals surface area contributed by atoms with Gasteiger partial charge in [0.25, 0.3) is 0 Å². The highest BCUT2D eigenvalue weighted by atomic mass is 19.4. The third-order valence-electron chi connectivity index (χ3n) is 6.26. The Morgan fingerprint density at radius 2 is 1.92 bits per heavy atom. The number of rotatable bonds is 7. The SMILES string of the molecule is CN1CCN(c2ccc(OC(F)(F)F)c(Nc3ncc4ccc5c(C(=O)O)nn(CCF)c5c4n3)c2)CC1. The zero-order chi connectivity index (χ0) is 27.0. The number of fused-ring (bicyclic) bond motifs is 3. The molecule has 10 nitrogen and oxygen atoms in total. The van der Waals surface area contributed by atoms with Crippen molar-refractivity contribution in [3.63, 3.8) is 0 Å². The van der Waals surface area contributed by atoms with Crippen LogP contribution in [0.15, 0.2) is 36.5 Å². The lowest BCUT2D eigenvalue weighted by molar-refractivity contribution is -0.274. The van der Waals surface area contributed by atoms with Crippen LogP contribution >= 0.6 is 0 Å². The van der Waals surface area contributed by atoms with Crippen molar-refractivity contribution in [1.82, 2.24) is 24.6 Å². The fourth-order valence-corrected chi connectivity index (χ4v) is 4.43. The lowest BCUT2D eigenvalue weighted by atomic mass is 10.1. The summed E-state index contributed by atoms with van der Waals surface area (Å²) in [5.41, 5.74) is 0.978. The number of piperazine rings is 1. The standard InChI is InChI=1S/C24H23F4N7O3/c1-33-8-10-34(11-9-33)15-3-5-18(38-24(26,27)28)17(12-15)30-23-29-13-14-2-4-16-20(22(36)37)32-35(7-6-25)21(16)19(14)31-23/h2-5,12-13H,6-11H2,1H3,(H,36,37)(H,29,30,31). The Hall–Kier alpha value is -4.20. The molecule has 1 aliphatic rings. The zero-order valence-electron chi connectivity index (χ0n) is 20.2. The first kappa shape index (κ1) is 25.4. The average molecular weight is 533 g/mol. The molecule has 0 amide bonds. The summed E-state index contributed by atoms with van der Waals surface area (Å²) in [6.07, 6.45) is -3.49. The highest BCUT2D eigenvalue weighted by Crippen LogP contribution is 2.36. The number of likely N-dealkylation sites (N-methyl/N-ethyl adjacent to an activating group) is 1. The molecular formula is C24H23F4N7O3. The van der Waals surface area contributed by atoms with Gasteiger partial charge in [-0.05, 0) is 31.3 Å². The predicted octanol–water partition coefficient (Wildman–Crippen LogP) is 4.04. The van der Waals surface area contributed by atoms with Crippen LogP contribution in [0.2, 0.25) is 0 Å². The minimum atomic E-state index is -4.92. The summed E-state index contributed by atoms with van der Waals surface area (Å²) in [5.74, 6) is -1.81. The lowest BCUT2D eigenvalue weighted by Crippen LogP contribution is -2.44. The van der Waals surface area contributed by atoms with Gasteiger partial charge in [-0.3, -0.25) is 4.68 Å². The molecular weight excluding hydrogens is 510 g/mol. The summed E-state index contributed by atoms with van der Waals surface area (Å²) in [4.78, 5) is 24.6. The first-order valence-corrected chi connectivity index (χ1v) is 11.7. The van der Waals surface area contributed by atoms with Gasteiger partial charge >= 0.3 is 12.3 Å². The van der Waals surface area contributed by atoms with Crippen LogP contribution in [0.4, 0.5) is 34.9 Å². The van der Waals surface area contributed by atoms with Crippen LogP contribution in [0, 0.1) is 0 Å². The zero-order valence-corrected chi connectivity index (χ0v) is 20.2. The molecule has 0 aliphatic carbocycles. The highest BCUT2D eigenvalue weighted by molar-refractivity contribution is 6.10. The fraction of sp³-hybridized carbons (Fsp3) is 0.333. The van der Waals surface area contributed by atoms with Crippen molar-refractivity contribution in [2.24, 2.45) is 0 Å². The number of carboxylic acid groups (broad SMARTS) is 1. The van der Waals surface area contributed by atoms with Gasteiger partial charge < -0.3 is 25.0 Å². The lowest BCUT2D eigenvalue weighted by Gasteiger charge is -2.34. The molecule has 0 bridgehead atoms. The number of nitrogens with zero attached hydrogens (tertiary/aromatic N) is 6. The molecule has 14 heteroatoms. The van der Waals surface area contributed by atoms with Gasteiger partial charge in [0.05, 0.1) is 17.7 Å². The summed E-state index contributed by atoms with van der Waals surface area (Å²) in [6.45, 7) is 2.01. The Balaban J connectivity index is 1.58.